The first-order valence-corrected chi connectivity index (χ1v) is 9.85. The van der Waals surface area contributed by atoms with Gasteiger partial charge < -0.3 is 9.84 Å². The van der Waals surface area contributed by atoms with E-state index in [1.54, 1.807) is 30.3 Å². The van der Waals surface area contributed by atoms with Crippen LogP contribution in [0.15, 0.2) is 70.0 Å². The Balaban J connectivity index is 1.69. The van der Waals surface area contributed by atoms with E-state index < -0.39 is 5.91 Å². The lowest BCUT2D eigenvalue weighted by atomic mass is 10.1. The molecule has 0 aliphatic heterocycles. The first-order valence-electron chi connectivity index (χ1n) is 9.85. The molecule has 0 radical (unpaired) electrons. The number of aryl methyl sites for hydroxylation is 1. The van der Waals surface area contributed by atoms with E-state index in [2.05, 4.69) is 20.6 Å². The maximum atomic E-state index is 13.0. The first kappa shape index (κ1) is 20.2. The van der Waals surface area contributed by atoms with Gasteiger partial charge in [-0.2, -0.15) is 14.8 Å². The molecule has 31 heavy (non-hydrogen) atoms. The third-order valence-corrected chi connectivity index (χ3v) is 4.73. The number of rotatable bonds is 5. The van der Waals surface area contributed by atoms with Crippen LogP contribution in [0.5, 0.6) is 0 Å². The van der Waals surface area contributed by atoms with Crippen LogP contribution in [-0.4, -0.2) is 25.8 Å². The molecule has 0 aliphatic carbocycles. The number of aromatic nitrogens is 4. The highest BCUT2D eigenvalue weighted by atomic mass is 16.5. The van der Waals surface area contributed by atoms with Crippen molar-refractivity contribution in [3.63, 3.8) is 0 Å². The second-order valence-corrected chi connectivity index (χ2v) is 7.37. The number of anilines is 1. The predicted octanol–water partition coefficient (Wildman–Crippen LogP) is 3.97. The molecular weight excluding hydrogens is 394 g/mol. The van der Waals surface area contributed by atoms with Gasteiger partial charge in [0.25, 0.3) is 17.4 Å². The summed E-state index contributed by atoms with van der Waals surface area (Å²) in [5.74, 6) is 0.572. The normalized spacial score (nSPS) is 11.0. The number of para-hydroxylation sites is 2. The van der Waals surface area contributed by atoms with Crippen LogP contribution >= 0.6 is 0 Å². The highest BCUT2D eigenvalue weighted by molar-refractivity contribution is 6.05. The highest BCUT2D eigenvalue weighted by Crippen LogP contribution is 2.30. The van der Waals surface area contributed by atoms with Crippen LogP contribution in [0.1, 0.15) is 41.6 Å². The number of hydrogen-bond acceptors (Lipinski definition) is 6. The summed E-state index contributed by atoms with van der Waals surface area (Å²) in [6.07, 6.45) is 0. The van der Waals surface area contributed by atoms with Crippen molar-refractivity contribution >= 4 is 11.6 Å². The molecule has 8 nitrogen and oxygen atoms in total. The van der Waals surface area contributed by atoms with Crippen LogP contribution < -0.4 is 10.9 Å². The molecule has 156 valence electrons. The summed E-state index contributed by atoms with van der Waals surface area (Å²) in [6, 6.07) is 17.2. The van der Waals surface area contributed by atoms with Crippen molar-refractivity contribution in [1.82, 2.24) is 19.9 Å². The Bertz CT molecular complexity index is 1290. The number of carbonyl (C=O) groups is 1. The Morgan fingerprint density at radius 3 is 2.52 bits per heavy atom. The van der Waals surface area contributed by atoms with Crippen molar-refractivity contribution < 1.29 is 9.32 Å². The van der Waals surface area contributed by atoms with Gasteiger partial charge in [-0.1, -0.05) is 49.3 Å². The van der Waals surface area contributed by atoms with Crippen molar-refractivity contribution in [2.75, 3.05) is 5.32 Å². The molecule has 0 fully saturated rings. The summed E-state index contributed by atoms with van der Waals surface area (Å²) in [7, 11) is 0. The molecule has 1 amide bonds. The second kappa shape index (κ2) is 8.35. The van der Waals surface area contributed by atoms with Crippen molar-refractivity contribution in [3.8, 4) is 17.1 Å². The molecule has 2 aromatic carbocycles. The number of hydrogen-bond donors (Lipinski definition) is 1. The fraction of sp³-hybridized carbons (Fsp3) is 0.174. The minimum absolute atomic E-state index is 0.103. The molecule has 0 bridgehead atoms. The zero-order chi connectivity index (χ0) is 22.0. The molecule has 0 unspecified atom stereocenters. The smallest absolute Gasteiger partial charge is 0.276 e. The molecule has 0 saturated carbocycles. The van der Waals surface area contributed by atoms with Gasteiger partial charge in [-0.3, -0.25) is 9.59 Å². The molecule has 0 atom stereocenters. The van der Waals surface area contributed by atoms with Crippen molar-refractivity contribution in [2.45, 2.75) is 26.7 Å². The minimum atomic E-state index is -0.455. The van der Waals surface area contributed by atoms with E-state index in [1.807, 2.05) is 39.0 Å². The molecule has 4 rings (SSSR count). The summed E-state index contributed by atoms with van der Waals surface area (Å²) in [4.78, 5) is 29.7. The van der Waals surface area contributed by atoms with E-state index in [0.29, 0.717) is 28.7 Å². The quantitative estimate of drug-likeness (QED) is 0.529. The predicted molar refractivity (Wildman–Crippen MR) is 116 cm³/mol. The Kier molecular flexibility index (Phi) is 5.44. The van der Waals surface area contributed by atoms with Crippen LogP contribution in [0.3, 0.4) is 0 Å². The number of carbonyl (C=O) groups excluding carboxylic acids is 1. The molecule has 4 aromatic rings. The molecule has 0 spiro atoms. The van der Waals surface area contributed by atoms with Crippen LogP contribution in [0.2, 0.25) is 0 Å². The van der Waals surface area contributed by atoms with Crippen molar-refractivity contribution in [2.24, 2.45) is 0 Å². The maximum absolute atomic E-state index is 13.0. The molecule has 0 aliphatic rings. The summed E-state index contributed by atoms with van der Waals surface area (Å²) < 4.78 is 6.61. The van der Waals surface area contributed by atoms with Crippen LogP contribution in [-0.2, 0) is 0 Å². The third-order valence-electron chi connectivity index (χ3n) is 4.73. The summed E-state index contributed by atoms with van der Waals surface area (Å²) >= 11 is 0. The fourth-order valence-electron chi connectivity index (χ4n) is 3.05. The van der Waals surface area contributed by atoms with Crippen molar-refractivity contribution in [1.29, 1.82) is 0 Å². The SMILES string of the molecule is Cc1cccc(-c2nc(C(C)C)no2)c1NC(=O)c1ccc(=O)n(-c2ccccc2)n1. The van der Waals surface area contributed by atoms with Crippen LogP contribution in [0.25, 0.3) is 17.1 Å². The van der Waals surface area contributed by atoms with E-state index >= 15 is 0 Å². The first-order chi connectivity index (χ1) is 14.9. The molecule has 1 N–H and O–H groups in total. The topological polar surface area (TPSA) is 103 Å². The fourth-order valence-corrected chi connectivity index (χ4v) is 3.05. The zero-order valence-corrected chi connectivity index (χ0v) is 17.4. The minimum Gasteiger partial charge on any atom is -0.334 e. The monoisotopic (exact) mass is 415 g/mol. The van der Waals surface area contributed by atoms with E-state index in [4.69, 9.17) is 4.52 Å². The van der Waals surface area contributed by atoms with Gasteiger partial charge in [0.05, 0.1) is 16.9 Å². The number of nitrogens with one attached hydrogen (secondary N) is 1. The van der Waals surface area contributed by atoms with Gasteiger partial charge in [0.2, 0.25) is 0 Å². The lowest BCUT2D eigenvalue weighted by molar-refractivity contribution is 0.102. The van der Waals surface area contributed by atoms with Gasteiger partial charge in [-0.15, -0.1) is 0 Å². The van der Waals surface area contributed by atoms with Crippen molar-refractivity contribution in [3.05, 3.63) is 88.1 Å². The Morgan fingerprint density at radius 2 is 1.81 bits per heavy atom. The van der Waals surface area contributed by atoms with E-state index in [-0.39, 0.29) is 17.2 Å². The largest absolute Gasteiger partial charge is 0.334 e. The number of amides is 1. The molecule has 2 heterocycles. The number of nitrogens with zero attached hydrogens (tertiary/aromatic N) is 4. The van der Waals surface area contributed by atoms with Gasteiger partial charge in [-0.05, 0) is 36.8 Å². The van der Waals surface area contributed by atoms with Gasteiger partial charge in [0.15, 0.2) is 5.82 Å². The second-order valence-electron chi connectivity index (χ2n) is 7.37. The van der Waals surface area contributed by atoms with Gasteiger partial charge >= 0.3 is 0 Å². The lowest BCUT2D eigenvalue weighted by Gasteiger charge is -2.12. The standard InChI is InChI=1S/C23H21N5O3/c1-14(2)21-25-23(31-27-21)17-11-7-8-15(3)20(17)24-22(30)18-12-13-19(29)28(26-18)16-9-5-4-6-10-16/h4-14H,1-3H3,(H,24,30). The Hall–Kier alpha value is -4.07. The van der Waals surface area contributed by atoms with E-state index in [0.717, 1.165) is 5.56 Å². The maximum Gasteiger partial charge on any atom is 0.276 e. The average molecular weight is 415 g/mol. The zero-order valence-electron chi connectivity index (χ0n) is 17.4. The average Bonchev–Trinajstić information content (AvgIpc) is 3.26. The van der Waals surface area contributed by atoms with E-state index in [1.165, 1.54) is 16.8 Å². The Labute approximate surface area is 178 Å². The lowest BCUT2D eigenvalue weighted by Crippen LogP contribution is -2.25. The van der Waals surface area contributed by atoms with Gasteiger partial charge in [0, 0.05) is 12.0 Å². The Morgan fingerprint density at radius 1 is 1.03 bits per heavy atom. The van der Waals surface area contributed by atoms with Crippen LogP contribution in [0.4, 0.5) is 5.69 Å². The van der Waals surface area contributed by atoms with Gasteiger partial charge in [-0.25, -0.2) is 0 Å². The van der Waals surface area contributed by atoms with Gasteiger partial charge in [0.1, 0.15) is 5.69 Å². The van der Waals surface area contributed by atoms with Crippen LogP contribution in [0, 0.1) is 6.92 Å². The third kappa shape index (κ3) is 4.13. The molecular formula is C23H21N5O3. The summed E-state index contributed by atoms with van der Waals surface area (Å²) in [5.41, 5.74) is 2.34. The summed E-state index contributed by atoms with van der Waals surface area (Å²) in [5, 5.41) is 11.1. The van der Waals surface area contributed by atoms with E-state index in [9.17, 15) is 9.59 Å². The highest BCUT2D eigenvalue weighted by Gasteiger charge is 2.19. The molecule has 8 heteroatoms. The summed E-state index contributed by atoms with van der Waals surface area (Å²) in [6.45, 7) is 5.82. The molecule has 2 aromatic heterocycles. The molecule has 0 saturated heterocycles. The number of benzene rings is 2.